The van der Waals surface area contributed by atoms with E-state index < -0.39 is 12.6 Å². The maximum absolute atomic E-state index is 11.7. The van der Waals surface area contributed by atoms with Crippen LogP contribution in [0.25, 0.3) is 0 Å². The molecule has 0 N–H and O–H groups in total. The summed E-state index contributed by atoms with van der Waals surface area (Å²) in [5.41, 5.74) is 0. The van der Waals surface area contributed by atoms with Crippen LogP contribution in [-0.4, -0.2) is 19.4 Å². The quantitative estimate of drug-likeness (QED) is 0.554. The minimum absolute atomic E-state index is 0.178. The van der Waals surface area contributed by atoms with Crippen molar-refractivity contribution in [2.45, 2.75) is 51.6 Å². The first kappa shape index (κ1) is 13.8. The number of hydrogen-bond acceptors (Lipinski definition) is 1. The third-order valence-corrected chi connectivity index (χ3v) is 1.89. The Labute approximate surface area is 83.6 Å². The van der Waals surface area contributed by atoms with E-state index in [2.05, 4.69) is 6.92 Å². The monoisotopic (exact) mass is 212 g/mol. The smallest absolute Gasteiger partial charge is 0.381 e. The van der Waals surface area contributed by atoms with Crippen molar-refractivity contribution in [3.05, 3.63) is 0 Å². The van der Waals surface area contributed by atoms with Crippen molar-refractivity contribution >= 4 is 0 Å². The Morgan fingerprint density at radius 3 is 2.00 bits per heavy atom. The van der Waals surface area contributed by atoms with E-state index in [4.69, 9.17) is 4.74 Å². The predicted octanol–water partition coefficient (Wildman–Crippen LogP) is 3.93. The summed E-state index contributed by atoms with van der Waals surface area (Å²) in [6, 6.07) is 0. The second-order valence-electron chi connectivity index (χ2n) is 3.39. The van der Waals surface area contributed by atoms with Crippen LogP contribution in [0.1, 0.15) is 45.4 Å². The van der Waals surface area contributed by atoms with Crippen LogP contribution in [0.3, 0.4) is 0 Å². The van der Waals surface area contributed by atoms with Gasteiger partial charge in [-0.25, -0.2) is 0 Å². The second-order valence-corrected chi connectivity index (χ2v) is 3.39. The Bertz CT molecular complexity index is 123. The van der Waals surface area contributed by atoms with Gasteiger partial charge < -0.3 is 4.74 Å². The van der Waals surface area contributed by atoms with Crippen molar-refractivity contribution in [1.82, 2.24) is 0 Å². The zero-order chi connectivity index (χ0) is 10.9. The molecule has 14 heavy (non-hydrogen) atoms. The van der Waals surface area contributed by atoms with E-state index in [0.717, 1.165) is 19.3 Å². The lowest BCUT2D eigenvalue weighted by Crippen LogP contribution is -2.07. The van der Waals surface area contributed by atoms with Crippen LogP contribution in [-0.2, 0) is 4.74 Å². The molecule has 4 heteroatoms. The molecule has 0 aliphatic carbocycles. The van der Waals surface area contributed by atoms with Crippen molar-refractivity contribution in [2.75, 3.05) is 13.2 Å². The van der Waals surface area contributed by atoms with Gasteiger partial charge in [-0.1, -0.05) is 19.8 Å². The summed E-state index contributed by atoms with van der Waals surface area (Å²) in [6.07, 6.45) is -0.744. The van der Waals surface area contributed by atoms with Crippen LogP contribution < -0.4 is 0 Å². The van der Waals surface area contributed by atoms with Gasteiger partial charge in [-0.05, 0) is 19.3 Å². The number of ether oxygens (including phenoxy) is 1. The van der Waals surface area contributed by atoms with Gasteiger partial charge in [0.15, 0.2) is 0 Å². The molecule has 0 rings (SSSR count). The predicted molar refractivity (Wildman–Crippen MR) is 50.3 cm³/mol. The third kappa shape index (κ3) is 11.8. The topological polar surface area (TPSA) is 9.23 Å². The summed E-state index contributed by atoms with van der Waals surface area (Å²) in [7, 11) is 0. The molecule has 86 valence electrons. The van der Waals surface area contributed by atoms with Crippen LogP contribution in [0.5, 0.6) is 0 Å². The molecule has 0 amide bonds. The molecule has 0 unspecified atom stereocenters. The summed E-state index contributed by atoms with van der Waals surface area (Å²) in [6.45, 7) is 3.24. The van der Waals surface area contributed by atoms with Gasteiger partial charge in [0.05, 0.1) is 0 Å². The van der Waals surface area contributed by atoms with Gasteiger partial charge in [0, 0.05) is 19.6 Å². The number of rotatable bonds is 8. The molecular formula is C10H19F3O. The first-order chi connectivity index (χ1) is 6.56. The highest BCUT2D eigenvalue weighted by atomic mass is 19.4. The summed E-state index contributed by atoms with van der Waals surface area (Å²) in [5, 5.41) is 0. The Morgan fingerprint density at radius 1 is 0.929 bits per heavy atom. The van der Waals surface area contributed by atoms with Crippen molar-refractivity contribution in [2.24, 2.45) is 0 Å². The lowest BCUT2D eigenvalue weighted by Gasteiger charge is -2.06. The Hall–Kier alpha value is -0.250. The van der Waals surface area contributed by atoms with Crippen LogP contribution in [0, 0.1) is 0 Å². The van der Waals surface area contributed by atoms with E-state index in [9.17, 15) is 13.2 Å². The molecule has 0 bridgehead atoms. The van der Waals surface area contributed by atoms with Gasteiger partial charge in [0.2, 0.25) is 0 Å². The number of alkyl halides is 3. The molecular weight excluding hydrogens is 193 g/mol. The maximum Gasteiger partial charge on any atom is 0.389 e. The van der Waals surface area contributed by atoms with Crippen molar-refractivity contribution in [3.63, 3.8) is 0 Å². The number of unbranched alkanes of at least 4 members (excludes halogenated alkanes) is 3. The molecule has 0 aromatic rings. The fourth-order valence-corrected chi connectivity index (χ4v) is 1.09. The molecule has 0 saturated carbocycles. The van der Waals surface area contributed by atoms with Crippen molar-refractivity contribution in [1.29, 1.82) is 0 Å². The fraction of sp³-hybridized carbons (Fsp3) is 1.00. The number of hydrogen-bond donors (Lipinski definition) is 0. The van der Waals surface area contributed by atoms with Crippen molar-refractivity contribution in [3.8, 4) is 0 Å². The molecule has 0 radical (unpaired) electrons. The summed E-state index contributed by atoms with van der Waals surface area (Å²) < 4.78 is 40.3. The molecule has 0 spiro atoms. The highest BCUT2D eigenvalue weighted by Crippen LogP contribution is 2.21. The van der Waals surface area contributed by atoms with E-state index in [1.165, 1.54) is 0 Å². The van der Waals surface area contributed by atoms with E-state index in [1.807, 2.05) is 0 Å². The molecule has 0 heterocycles. The molecule has 0 aliphatic rings. The van der Waals surface area contributed by atoms with Crippen molar-refractivity contribution < 1.29 is 17.9 Å². The fourth-order valence-electron chi connectivity index (χ4n) is 1.09. The zero-order valence-corrected chi connectivity index (χ0v) is 8.70. The summed E-state index contributed by atoms with van der Waals surface area (Å²) >= 11 is 0. The molecule has 0 atom stereocenters. The van der Waals surface area contributed by atoms with Gasteiger partial charge in [-0.2, -0.15) is 13.2 Å². The average Bonchev–Trinajstić information content (AvgIpc) is 2.08. The number of halogens is 3. The second kappa shape index (κ2) is 8.09. The first-order valence-corrected chi connectivity index (χ1v) is 5.20. The lowest BCUT2D eigenvalue weighted by atomic mass is 10.2. The van der Waals surface area contributed by atoms with Gasteiger partial charge in [-0.15, -0.1) is 0 Å². The largest absolute Gasteiger partial charge is 0.389 e. The van der Waals surface area contributed by atoms with Crippen LogP contribution in [0.15, 0.2) is 0 Å². The van der Waals surface area contributed by atoms with E-state index >= 15 is 0 Å². The van der Waals surface area contributed by atoms with Gasteiger partial charge in [0.1, 0.15) is 0 Å². The first-order valence-electron chi connectivity index (χ1n) is 5.20. The molecule has 0 aromatic heterocycles. The maximum atomic E-state index is 11.7. The summed E-state index contributed by atoms with van der Waals surface area (Å²) in [4.78, 5) is 0. The van der Waals surface area contributed by atoms with E-state index in [0.29, 0.717) is 19.6 Å². The minimum Gasteiger partial charge on any atom is -0.381 e. The summed E-state index contributed by atoms with van der Waals surface area (Å²) in [5.74, 6) is 0. The zero-order valence-electron chi connectivity index (χ0n) is 8.70. The Kier molecular flexibility index (Phi) is 7.95. The average molecular weight is 212 g/mol. The highest BCUT2D eigenvalue weighted by molar-refractivity contribution is 4.50. The van der Waals surface area contributed by atoms with Gasteiger partial charge >= 0.3 is 6.18 Å². The SMILES string of the molecule is CCCCCOCCCCC(F)(F)F. The van der Waals surface area contributed by atoms with E-state index in [1.54, 1.807) is 0 Å². The van der Waals surface area contributed by atoms with Gasteiger partial charge in [-0.3, -0.25) is 0 Å². The standard InChI is InChI=1S/C10H19F3O/c1-2-3-5-8-14-9-6-4-7-10(11,12)13/h2-9H2,1H3. The normalized spacial score (nSPS) is 12.0. The van der Waals surface area contributed by atoms with Crippen LogP contribution in [0.4, 0.5) is 13.2 Å². The van der Waals surface area contributed by atoms with Crippen LogP contribution >= 0.6 is 0 Å². The Morgan fingerprint density at radius 2 is 1.50 bits per heavy atom. The minimum atomic E-state index is -4.01. The molecule has 1 nitrogen and oxygen atoms in total. The molecule has 0 fully saturated rings. The highest BCUT2D eigenvalue weighted by Gasteiger charge is 2.25. The van der Waals surface area contributed by atoms with Gasteiger partial charge in [0.25, 0.3) is 0 Å². The van der Waals surface area contributed by atoms with E-state index in [-0.39, 0.29) is 6.42 Å². The third-order valence-electron chi connectivity index (χ3n) is 1.89. The van der Waals surface area contributed by atoms with Crippen LogP contribution in [0.2, 0.25) is 0 Å². The Balaban J connectivity index is 2.99. The molecule has 0 saturated heterocycles. The molecule has 0 aromatic carbocycles. The lowest BCUT2D eigenvalue weighted by molar-refractivity contribution is -0.136. The molecule has 0 aliphatic heterocycles.